The van der Waals surface area contributed by atoms with Crippen molar-refractivity contribution in [3.8, 4) is 0 Å². The van der Waals surface area contributed by atoms with E-state index in [2.05, 4.69) is 26.5 Å². The number of hydrogen-bond donors (Lipinski definition) is 1. The average Bonchev–Trinajstić information content (AvgIpc) is 2.81. The summed E-state index contributed by atoms with van der Waals surface area (Å²) in [7, 11) is 0. The Balaban J connectivity index is 1.98. The Bertz CT molecular complexity index is 427. The van der Waals surface area contributed by atoms with Crippen molar-refractivity contribution < 1.29 is 9.84 Å². The minimum atomic E-state index is -0.570. The molecule has 1 heterocycles. The fourth-order valence-corrected chi connectivity index (χ4v) is 4.84. The fraction of sp³-hybridized carbons (Fsp3) is 0.765. The minimum absolute atomic E-state index is 0.0213. The molecule has 0 aromatic rings. The summed E-state index contributed by atoms with van der Waals surface area (Å²) in [6.07, 6.45) is 10.5. The van der Waals surface area contributed by atoms with E-state index in [0.717, 1.165) is 38.7 Å². The first kappa shape index (κ1) is 13.4. The molecular weight excluding hydrogens is 236 g/mol. The van der Waals surface area contributed by atoms with Crippen LogP contribution in [0.15, 0.2) is 24.3 Å². The predicted molar refractivity (Wildman–Crippen MR) is 76.9 cm³/mol. The molecule has 1 saturated carbocycles. The molecule has 1 N–H and O–H groups in total. The van der Waals surface area contributed by atoms with Crippen molar-refractivity contribution in [2.45, 2.75) is 64.1 Å². The summed E-state index contributed by atoms with van der Waals surface area (Å²) < 4.78 is 6.01. The summed E-state index contributed by atoms with van der Waals surface area (Å²) in [4.78, 5) is 0. The highest BCUT2D eigenvalue weighted by Gasteiger charge is 2.68. The zero-order valence-electron chi connectivity index (χ0n) is 12.2. The number of hydrogen-bond acceptors (Lipinski definition) is 2. The average molecular weight is 262 g/mol. The van der Waals surface area contributed by atoms with Gasteiger partial charge >= 0.3 is 0 Å². The monoisotopic (exact) mass is 262 g/mol. The molecule has 1 aliphatic heterocycles. The molecule has 4 atom stereocenters. The van der Waals surface area contributed by atoms with Crippen LogP contribution in [0.2, 0.25) is 0 Å². The largest absolute Gasteiger partial charge is 0.389 e. The highest BCUT2D eigenvalue weighted by atomic mass is 16.5. The van der Waals surface area contributed by atoms with Crippen LogP contribution in [-0.4, -0.2) is 23.4 Å². The van der Waals surface area contributed by atoms with Gasteiger partial charge in [-0.2, -0.15) is 0 Å². The zero-order valence-corrected chi connectivity index (χ0v) is 12.2. The topological polar surface area (TPSA) is 29.5 Å². The van der Waals surface area contributed by atoms with E-state index in [1.807, 2.05) is 6.08 Å². The van der Waals surface area contributed by atoms with Crippen LogP contribution in [0.5, 0.6) is 0 Å². The Kier molecular flexibility index (Phi) is 2.96. The standard InChI is InChI=1S/C17H26O2/c1-4-6-17(18)9-8-15(17,3)16-7-5-13(2)12-14(16)19-11-10-16/h4,12,14,18H,1,5-11H2,2-3H3/t14-,15+,16+,17+/m0/s1. The van der Waals surface area contributed by atoms with Gasteiger partial charge in [-0.3, -0.25) is 0 Å². The molecule has 1 saturated heterocycles. The van der Waals surface area contributed by atoms with E-state index in [1.54, 1.807) is 0 Å². The second-order valence-electron chi connectivity index (χ2n) is 7.07. The molecule has 3 aliphatic rings. The van der Waals surface area contributed by atoms with Crippen molar-refractivity contribution in [1.82, 2.24) is 0 Å². The van der Waals surface area contributed by atoms with Crippen LogP contribution >= 0.6 is 0 Å². The maximum absolute atomic E-state index is 11.0. The van der Waals surface area contributed by atoms with Gasteiger partial charge in [-0.05, 0) is 45.4 Å². The molecule has 2 fully saturated rings. The third kappa shape index (κ3) is 1.56. The molecule has 0 bridgehead atoms. The first-order valence-electron chi connectivity index (χ1n) is 7.60. The number of ether oxygens (including phenoxy) is 1. The van der Waals surface area contributed by atoms with Gasteiger partial charge in [-0.1, -0.05) is 24.6 Å². The number of allylic oxidation sites excluding steroid dienone is 1. The van der Waals surface area contributed by atoms with Crippen molar-refractivity contribution >= 4 is 0 Å². The third-order valence-corrected chi connectivity index (χ3v) is 6.44. The summed E-state index contributed by atoms with van der Waals surface area (Å²) in [6.45, 7) is 9.16. The number of aliphatic hydroxyl groups is 1. The summed E-state index contributed by atoms with van der Waals surface area (Å²) >= 11 is 0. The SMILES string of the molecule is C=CC[C@@]1(O)CC[C@]1(C)[C@]12CCO[C@H]1C=C(C)CC2. The minimum Gasteiger partial charge on any atom is -0.389 e. The normalized spacial score (nSPS) is 49.2. The maximum Gasteiger partial charge on any atom is 0.0821 e. The maximum atomic E-state index is 11.0. The van der Waals surface area contributed by atoms with Crippen molar-refractivity contribution in [2.24, 2.45) is 10.8 Å². The molecule has 2 heteroatoms. The van der Waals surface area contributed by atoms with E-state index < -0.39 is 5.60 Å². The van der Waals surface area contributed by atoms with Gasteiger partial charge in [-0.15, -0.1) is 6.58 Å². The Morgan fingerprint density at radius 2 is 2.21 bits per heavy atom. The number of fused-ring (bicyclic) bond motifs is 1. The summed E-state index contributed by atoms with van der Waals surface area (Å²) in [5, 5.41) is 11.0. The molecule has 3 rings (SSSR count). The molecule has 19 heavy (non-hydrogen) atoms. The van der Waals surface area contributed by atoms with Crippen LogP contribution < -0.4 is 0 Å². The highest BCUT2D eigenvalue weighted by Crippen LogP contribution is 2.68. The van der Waals surface area contributed by atoms with Crippen LogP contribution in [-0.2, 0) is 4.74 Å². The third-order valence-electron chi connectivity index (χ3n) is 6.44. The Morgan fingerprint density at radius 3 is 2.84 bits per heavy atom. The van der Waals surface area contributed by atoms with Gasteiger partial charge in [0.2, 0.25) is 0 Å². The lowest BCUT2D eigenvalue weighted by Crippen LogP contribution is -2.65. The van der Waals surface area contributed by atoms with Crippen LogP contribution in [0.3, 0.4) is 0 Å². The van der Waals surface area contributed by atoms with Crippen LogP contribution in [0.25, 0.3) is 0 Å². The molecule has 0 amide bonds. The van der Waals surface area contributed by atoms with Crippen LogP contribution in [0.1, 0.15) is 52.4 Å². The van der Waals surface area contributed by atoms with Crippen molar-refractivity contribution in [1.29, 1.82) is 0 Å². The predicted octanol–water partition coefficient (Wildman–Crippen LogP) is 3.61. The molecule has 0 spiro atoms. The van der Waals surface area contributed by atoms with Gasteiger partial charge < -0.3 is 9.84 Å². The summed E-state index contributed by atoms with van der Waals surface area (Å²) in [6, 6.07) is 0. The van der Waals surface area contributed by atoms with E-state index in [4.69, 9.17) is 4.74 Å². The summed E-state index contributed by atoms with van der Waals surface area (Å²) in [5.74, 6) is 0. The van der Waals surface area contributed by atoms with E-state index >= 15 is 0 Å². The van der Waals surface area contributed by atoms with E-state index in [-0.39, 0.29) is 16.9 Å². The quantitative estimate of drug-likeness (QED) is 0.787. The second kappa shape index (κ2) is 4.20. The Hall–Kier alpha value is -0.600. The fourth-order valence-electron chi connectivity index (χ4n) is 4.84. The highest BCUT2D eigenvalue weighted by molar-refractivity contribution is 5.25. The van der Waals surface area contributed by atoms with Gasteiger partial charge in [0.15, 0.2) is 0 Å². The van der Waals surface area contributed by atoms with Crippen molar-refractivity contribution in [3.05, 3.63) is 24.3 Å². The molecule has 2 nitrogen and oxygen atoms in total. The van der Waals surface area contributed by atoms with Crippen LogP contribution in [0.4, 0.5) is 0 Å². The van der Waals surface area contributed by atoms with E-state index in [9.17, 15) is 5.11 Å². The lowest BCUT2D eigenvalue weighted by Gasteiger charge is -2.64. The lowest BCUT2D eigenvalue weighted by molar-refractivity contribution is -0.229. The summed E-state index contributed by atoms with van der Waals surface area (Å²) in [5.41, 5.74) is 0.993. The van der Waals surface area contributed by atoms with Gasteiger partial charge in [0.25, 0.3) is 0 Å². The zero-order chi connectivity index (χ0) is 13.7. The molecular formula is C17H26O2. The van der Waals surface area contributed by atoms with E-state index in [1.165, 1.54) is 5.57 Å². The molecule has 0 radical (unpaired) electrons. The van der Waals surface area contributed by atoms with Crippen molar-refractivity contribution in [2.75, 3.05) is 6.61 Å². The first-order chi connectivity index (χ1) is 8.97. The van der Waals surface area contributed by atoms with Gasteiger partial charge in [0, 0.05) is 17.4 Å². The molecule has 2 aliphatic carbocycles. The lowest BCUT2D eigenvalue weighted by atomic mass is 9.42. The van der Waals surface area contributed by atoms with Gasteiger partial charge in [0.1, 0.15) is 0 Å². The van der Waals surface area contributed by atoms with Gasteiger partial charge in [0.05, 0.1) is 11.7 Å². The second-order valence-corrected chi connectivity index (χ2v) is 7.07. The molecule has 0 aromatic heterocycles. The molecule has 0 unspecified atom stereocenters. The smallest absolute Gasteiger partial charge is 0.0821 e. The molecule has 106 valence electrons. The van der Waals surface area contributed by atoms with Gasteiger partial charge in [-0.25, -0.2) is 0 Å². The molecule has 0 aromatic carbocycles. The Labute approximate surface area is 116 Å². The Morgan fingerprint density at radius 1 is 1.42 bits per heavy atom. The van der Waals surface area contributed by atoms with E-state index in [0.29, 0.717) is 6.42 Å². The first-order valence-corrected chi connectivity index (χ1v) is 7.60. The van der Waals surface area contributed by atoms with Crippen LogP contribution in [0, 0.1) is 10.8 Å². The van der Waals surface area contributed by atoms with Crippen molar-refractivity contribution in [3.63, 3.8) is 0 Å². The number of rotatable bonds is 3.